The van der Waals surface area contributed by atoms with Crippen molar-refractivity contribution in [1.82, 2.24) is 14.3 Å². The van der Waals surface area contributed by atoms with Crippen molar-refractivity contribution >= 4 is 37.4 Å². The van der Waals surface area contributed by atoms with Crippen molar-refractivity contribution in [1.29, 1.82) is 0 Å². The molecule has 5 atom stereocenters. The molecule has 0 radical (unpaired) electrons. The summed E-state index contributed by atoms with van der Waals surface area (Å²) in [4.78, 5) is 52.3. The first-order valence-electron chi connectivity index (χ1n) is 9.77. The second kappa shape index (κ2) is 10.7. The number of benzene rings is 1. The molecule has 1 amide bonds. The highest BCUT2D eigenvalue weighted by molar-refractivity contribution is 7.90. The third kappa shape index (κ3) is 7.07. The van der Waals surface area contributed by atoms with Gasteiger partial charge in [0.15, 0.2) is 6.23 Å². The van der Waals surface area contributed by atoms with Crippen LogP contribution in [0.3, 0.4) is 0 Å². The van der Waals surface area contributed by atoms with Gasteiger partial charge in [-0.25, -0.2) is 27.1 Å². The summed E-state index contributed by atoms with van der Waals surface area (Å²) in [6.07, 6.45) is -4.93. The average molecular weight is 586 g/mol. The Labute approximate surface area is 207 Å². The lowest BCUT2D eigenvalue weighted by Crippen LogP contribution is -2.36. The lowest BCUT2D eigenvalue weighted by atomic mass is 10.1. The number of nitrogens with one attached hydrogen (secondary N) is 1. The number of nitrogens with two attached hydrogens (primary N) is 1. The van der Waals surface area contributed by atoms with Crippen molar-refractivity contribution < 1.29 is 60.8 Å². The van der Waals surface area contributed by atoms with E-state index in [-0.39, 0.29) is 16.3 Å². The van der Waals surface area contributed by atoms with Gasteiger partial charge >= 0.3 is 21.3 Å². The fraction of sp³-hybridized carbons (Fsp3) is 0.312. The first-order chi connectivity index (χ1) is 17.0. The minimum atomic E-state index is -5.30. The fourth-order valence-corrected chi connectivity index (χ4v) is 5.93. The van der Waals surface area contributed by atoms with Gasteiger partial charge in [-0.1, -0.05) is 12.1 Å². The lowest BCUT2D eigenvalue weighted by molar-refractivity contribution is -0.0541. The molecule has 1 saturated heterocycles. The average Bonchev–Trinajstić information content (AvgIpc) is 3.18. The first kappa shape index (κ1) is 29.0. The van der Waals surface area contributed by atoms with Gasteiger partial charge < -0.3 is 35.4 Å². The number of amides is 1. The maximum absolute atomic E-state index is 11.7. The van der Waals surface area contributed by atoms with Gasteiger partial charge in [0.1, 0.15) is 29.0 Å². The number of phosphoric ester groups is 1. The number of phosphoric acid groups is 2. The number of rotatable bonds is 6. The van der Waals surface area contributed by atoms with E-state index >= 15 is 0 Å². The van der Waals surface area contributed by atoms with Crippen molar-refractivity contribution in [3.8, 4) is 0 Å². The number of aliphatic hydroxyl groups is 2. The molecule has 1 unspecified atom stereocenters. The number of carbonyl (C=O) groups excluding carboxylic acids is 1. The Kier molecular flexibility index (Phi) is 8.38. The van der Waals surface area contributed by atoms with Crippen molar-refractivity contribution in [3.05, 3.63) is 52.6 Å². The van der Waals surface area contributed by atoms with Crippen molar-refractivity contribution in [3.63, 3.8) is 0 Å². The second-order valence-electron chi connectivity index (χ2n) is 7.36. The van der Waals surface area contributed by atoms with Crippen LogP contribution in [0.5, 0.6) is 0 Å². The molecule has 8 N–H and O–H groups in total. The number of aliphatic hydroxyl groups excluding tert-OH is 2. The molecule has 4 rings (SSSR count). The maximum atomic E-state index is 11.7. The molecule has 2 aliphatic heterocycles. The Balaban J connectivity index is 0.000000262. The molecule has 2 aromatic rings. The molecule has 0 aliphatic carbocycles. The summed E-state index contributed by atoms with van der Waals surface area (Å²) in [5.41, 5.74) is 4.67. The third-order valence-electron chi connectivity index (χ3n) is 4.72. The summed E-state index contributed by atoms with van der Waals surface area (Å²) in [6.45, 7) is -0.875. The number of nitrogen functional groups attached to an aromatic ring is 1. The molecular weight excluding hydrogens is 566 g/mol. The van der Waals surface area contributed by atoms with Gasteiger partial charge in [-0.2, -0.15) is 9.29 Å². The monoisotopic (exact) mass is 586 g/mol. The van der Waals surface area contributed by atoms with Gasteiger partial charge in [-0.3, -0.25) is 13.9 Å². The number of ether oxygens (including phenoxy) is 1. The molecule has 18 nitrogen and oxygen atoms in total. The second-order valence-corrected chi connectivity index (χ2v) is 11.8. The number of hydrogen-bond donors (Lipinski definition) is 7. The minimum absolute atomic E-state index is 0.0648. The van der Waals surface area contributed by atoms with Crippen molar-refractivity contribution in [2.24, 2.45) is 0 Å². The van der Waals surface area contributed by atoms with Crippen molar-refractivity contribution in [2.45, 2.75) is 29.4 Å². The summed E-state index contributed by atoms with van der Waals surface area (Å²) >= 11 is 0. The molecule has 1 aromatic carbocycles. The van der Waals surface area contributed by atoms with Crippen LogP contribution in [0, 0.1) is 0 Å². The van der Waals surface area contributed by atoms with Crippen LogP contribution in [0.1, 0.15) is 16.6 Å². The van der Waals surface area contributed by atoms with Crippen LogP contribution in [0.15, 0.2) is 46.2 Å². The Bertz CT molecular complexity index is 1440. The predicted molar refractivity (Wildman–Crippen MR) is 119 cm³/mol. The highest BCUT2D eigenvalue weighted by Gasteiger charge is 2.45. The molecule has 1 fully saturated rings. The molecule has 0 saturated carbocycles. The number of hydrogen-bond acceptors (Lipinski definition) is 13. The zero-order chi connectivity index (χ0) is 27.8. The third-order valence-corrected chi connectivity index (χ3v) is 8.26. The number of nitrogens with zero attached hydrogens (tertiary/aromatic N) is 2. The van der Waals surface area contributed by atoms with Crippen LogP contribution in [-0.2, 0) is 32.7 Å². The van der Waals surface area contributed by atoms with Crippen LogP contribution in [-0.4, -0.2) is 73.7 Å². The normalized spacial score (nSPS) is 25.9. The summed E-state index contributed by atoms with van der Waals surface area (Å²) in [5, 5.41) is 19.8. The lowest BCUT2D eigenvalue weighted by Gasteiger charge is -2.17. The van der Waals surface area contributed by atoms with E-state index in [1.807, 2.05) is 4.72 Å². The van der Waals surface area contributed by atoms with E-state index < -0.39 is 68.4 Å². The molecule has 204 valence electrons. The van der Waals surface area contributed by atoms with E-state index in [2.05, 4.69) is 13.8 Å². The number of fused-ring (bicyclic) bond motifs is 1. The zero-order valence-electron chi connectivity index (χ0n) is 18.2. The van der Waals surface area contributed by atoms with Gasteiger partial charge in [0, 0.05) is 6.20 Å². The summed E-state index contributed by atoms with van der Waals surface area (Å²) < 4.78 is 60.0. The number of anilines is 1. The van der Waals surface area contributed by atoms with Crippen LogP contribution < -0.4 is 16.1 Å². The van der Waals surface area contributed by atoms with Crippen LogP contribution >= 0.6 is 15.6 Å². The Morgan fingerprint density at radius 2 is 1.76 bits per heavy atom. The van der Waals surface area contributed by atoms with Gasteiger partial charge in [0.2, 0.25) is 0 Å². The van der Waals surface area contributed by atoms with Gasteiger partial charge in [-0.05, 0) is 18.2 Å². The van der Waals surface area contributed by atoms with E-state index in [0.717, 1.165) is 10.8 Å². The Morgan fingerprint density at radius 1 is 1.11 bits per heavy atom. The van der Waals surface area contributed by atoms with E-state index in [0.29, 0.717) is 0 Å². The topological polar surface area (TPSA) is 287 Å². The molecular formula is C16H20N4O14P2S. The van der Waals surface area contributed by atoms with Gasteiger partial charge in [0.25, 0.3) is 15.9 Å². The van der Waals surface area contributed by atoms with Crippen LogP contribution in [0.25, 0.3) is 0 Å². The SMILES string of the molecule is Nc1ccn([C@@H]2O[C@H](COP(=O)(O)OP(=O)(O)O)[C@@H](O)[C@H]2O)c(=O)n1.O=C1NS(=O)(=O)c2ccccc21. The largest absolute Gasteiger partial charge is 0.481 e. The Morgan fingerprint density at radius 3 is 2.35 bits per heavy atom. The van der Waals surface area contributed by atoms with Gasteiger partial charge in [0.05, 0.1) is 12.2 Å². The Hall–Kier alpha value is -2.54. The maximum Gasteiger partial charge on any atom is 0.481 e. The van der Waals surface area contributed by atoms with E-state index in [4.69, 9.17) is 25.2 Å². The number of sulfonamides is 1. The standard InChI is InChI=1S/C9H15N3O11P2.C7H5NO3S/c10-5-1-2-12(9(15)11-5)8-7(14)6(13)4(22-8)3-21-25(19,20)23-24(16,17)18;9-7-5-3-1-2-4-6(5)12(10,11)8-7/h1-2,4,6-8,13-14H,3H2,(H,19,20)(H2,10,11,15)(H2,16,17,18);1-4H,(H,8,9)/t4-,6-,7-,8-;/m1./s1. The molecule has 37 heavy (non-hydrogen) atoms. The fourth-order valence-electron chi connectivity index (χ4n) is 3.16. The minimum Gasteiger partial charge on any atom is -0.387 e. The highest BCUT2D eigenvalue weighted by Crippen LogP contribution is 2.57. The molecule has 0 bridgehead atoms. The van der Waals surface area contributed by atoms with Gasteiger partial charge in [-0.15, -0.1) is 0 Å². The molecule has 3 heterocycles. The predicted octanol–water partition coefficient (Wildman–Crippen LogP) is -2.21. The quantitative estimate of drug-likeness (QED) is 0.177. The van der Waals surface area contributed by atoms with E-state index in [1.54, 1.807) is 12.1 Å². The summed E-state index contributed by atoms with van der Waals surface area (Å²) in [5.74, 6) is -0.629. The molecule has 21 heteroatoms. The van der Waals surface area contributed by atoms with Crippen molar-refractivity contribution in [2.75, 3.05) is 12.3 Å². The van der Waals surface area contributed by atoms with Crippen LogP contribution in [0.2, 0.25) is 0 Å². The van der Waals surface area contributed by atoms with E-state index in [9.17, 15) is 37.4 Å². The first-order valence-corrected chi connectivity index (χ1v) is 14.3. The molecule has 2 aliphatic rings. The number of carbonyl (C=O) groups is 1. The summed E-state index contributed by atoms with van der Waals surface area (Å²) in [7, 11) is -14.0. The zero-order valence-corrected chi connectivity index (χ0v) is 20.8. The number of aromatic nitrogens is 2. The molecule has 1 aromatic heterocycles. The highest BCUT2D eigenvalue weighted by atomic mass is 32.2. The smallest absolute Gasteiger partial charge is 0.387 e. The van der Waals surface area contributed by atoms with E-state index in [1.165, 1.54) is 18.2 Å². The molecule has 0 spiro atoms. The summed E-state index contributed by atoms with van der Waals surface area (Å²) in [6, 6.07) is 7.33. The van der Waals surface area contributed by atoms with Crippen LogP contribution in [0.4, 0.5) is 5.82 Å².